The average molecular weight is 321 g/mol. The molecule has 1 aromatic carbocycles. The summed E-state index contributed by atoms with van der Waals surface area (Å²) in [6, 6.07) is 10.3. The number of ether oxygens (including phenoxy) is 1. The van der Waals surface area contributed by atoms with E-state index in [0.29, 0.717) is 5.88 Å². The summed E-state index contributed by atoms with van der Waals surface area (Å²) in [5.41, 5.74) is 3.68. The molecule has 0 bridgehead atoms. The van der Waals surface area contributed by atoms with Crippen molar-refractivity contribution in [2.75, 3.05) is 7.11 Å². The number of benzene rings is 1. The quantitative estimate of drug-likeness (QED) is 0.916. The second kappa shape index (κ2) is 6.68. The van der Waals surface area contributed by atoms with Gasteiger partial charge in [0.15, 0.2) is 0 Å². The van der Waals surface area contributed by atoms with Crippen LogP contribution in [0.1, 0.15) is 16.7 Å². The summed E-state index contributed by atoms with van der Waals surface area (Å²) in [5.74, 6) is 0.646. The predicted octanol–water partition coefficient (Wildman–Crippen LogP) is 3.45. The Kier molecular flexibility index (Phi) is 4.93. The highest BCUT2D eigenvalue weighted by Gasteiger charge is 1.99. The van der Waals surface area contributed by atoms with E-state index in [0.717, 1.165) is 23.1 Å². The Morgan fingerprint density at radius 2 is 1.89 bits per heavy atom. The van der Waals surface area contributed by atoms with Crippen molar-refractivity contribution < 1.29 is 4.74 Å². The minimum Gasteiger partial charge on any atom is -0.481 e. The van der Waals surface area contributed by atoms with Crippen molar-refractivity contribution in [1.29, 1.82) is 0 Å². The molecule has 0 spiro atoms. The van der Waals surface area contributed by atoms with Crippen molar-refractivity contribution in [3.05, 3.63) is 57.7 Å². The van der Waals surface area contributed by atoms with Gasteiger partial charge in [0.25, 0.3) is 0 Å². The first-order valence-electron chi connectivity index (χ1n) is 6.13. The van der Waals surface area contributed by atoms with E-state index in [1.807, 2.05) is 18.3 Å². The van der Waals surface area contributed by atoms with E-state index in [4.69, 9.17) is 4.74 Å². The maximum atomic E-state index is 5.03. The third kappa shape index (κ3) is 4.04. The Balaban J connectivity index is 1.86. The number of hydrogen-bond acceptors (Lipinski definition) is 3. The lowest BCUT2D eigenvalue weighted by Gasteiger charge is -2.07. The zero-order valence-corrected chi connectivity index (χ0v) is 12.7. The molecular weight excluding hydrogens is 304 g/mol. The van der Waals surface area contributed by atoms with Gasteiger partial charge in [-0.3, -0.25) is 0 Å². The Morgan fingerprint density at radius 1 is 1.16 bits per heavy atom. The van der Waals surface area contributed by atoms with Crippen LogP contribution in [0.25, 0.3) is 0 Å². The first-order valence-corrected chi connectivity index (χ1v) is 6.93. The van der Waals surface area contributed by atoms with Crippen LogP contribution >= 0.6 is 15.9 Å². The van der Waals surface area contributed by atoms with Gasteiger partial charge in [-0.1, -0.05) is 34.1 Å². The van der Waals surface area contributed by atoms with Gasteiger partial charge in [-0.2, -0.15) is 0 Å². The third-order valence-electron chi connectivity index (χ3n) is 2.89. The molecule has 2 rings (SSSR count). The van der Waals surface area contributed by atoms with E-state index in [1.165, 1.54) is 11.1 Å². The van der Waals surface area contributed by atoms with Gasteiger partial charge in [0.1, 0.15) is 0 Å². The van der Waals surface area contributed by atoms with Crippen molar-refractivity contribution in [2.45, 2.75) is 20.0 Å². The molecule has 1 heterocycles. The fourth-order valence-corrected chi connectivity index (χ4v) is 2.05. The standard InChI is InChI=1S/C15H17BrN2O/c1-11-7-12(3-5-14(11)16)8-17-9-13-4-6-15(19-2)18-10-13/h3-7,10,17H,8-9H2,1-2H3. The number of nitrogens with zero attached hydrogens (tertiary/aromatic N) is 1. The van der Waals surface area contributed by atoms with Gasteiger partial charge in [0.2, 0.25) is 5.88 Å². The van der Waals surface area contributed by atoms with Crippen LogP contribution in [-0.2, 0) is 13.1 Å². The molecule has 100 valence electrons. The van der Waals surface area contributed by atoms with Crippen LogP contribution in [0.5, 0.6) is 5.88 Å². The molecule has 0 aliphatic heterocycles. The molecule has 1 aromatic heterocycles. The van der Waals surface area contributed by atoms with Crippen molar-refractivity contribution in [2.24, 2.45) is 0 Å². The second-order valence-corrected chi connectivity index (χ2v) is 5.25. The summed E-state index contributed by atoms with van der Waals surface area (Å²) in [6.07, 6.45) is 1.83. The maximum absolute atomic E-state index is 5.03. The van der Waals surface area contributed by atoms with Gasteiger partial charge in [0, 0.05) is 29.8 Å². The fourth-order valence-electron chi connectivity index (χ4n) is 1.80. The fraction of sp³-hybridized carbons (Fsp3) is 0.267. The molecule has 3 nitrogen and oxygen atoms in total. The molecule has 1 N–H and O–H groups in total. The van der Waals surface area contributed by atoms with Gasteiger partial charge < -0.3 is 10.1 Å². The molecule has 0 radical (unpaired) electrons. The molecule has 0 atom stereocenters. The van der Waals surface area contributed by atoms with Crippen molar-refractivity contribution >= 4 is 15.9 Å². The van der Waals surface area contributed by atoms with Gasteiger partial charge in [-0.15, -0.1) is 0 Å². The highest BCUT2D eigenvalue weighted by atomic mass is 79.9. The number of pyridine rings is 1. The van der Waals surface area contributed by atoms with Crippen molar-refractivity contribution in [1.82, 2.24) is 10.3 Å². The van der Waals surface area contributed by atoms with Gasteiger partial charge in [0.05, 0.1) is 7.11 Å². The highest BCUT2D eigenvalue weighted by molar-refractivity contribution is 9.10. The second-order valence-electron chi connectivity index (χ2n) is 4.40. The third-order valence-corrected chi connectivity index (χ3v) is 3.78. The molecule has 0 saturated carbocycles. The molecule has 0 fully saturated rings. The number of nitrogens with one attached hydrogen (secondary N) is 1. The van der Waals surface area contributed by atoms with E-state index < -0.39 is 0 Å². The van der Waals surface area contributed by atoms with Gasteiger partial charge >= 0.3 is 0 Å². The minimum atomic E-state index is 0.646. The van der Waals surface area contributed by atoms with E-state index in [9.17, 15) is 0 Å². The van der Waals surface area contributed by atoms with Crippen LogP contribution in [0.3, 0.4) is 0 Å². The summed E-state index contributed by atoms with van der Waals surface area (Å²) in [4.78, 5) is 4.18. The Morgan fingerprint density at radius 3 is 2.53 bits per heavy atom. The Hall–Kier alpha value is -1.39. The maximum Gasteiger partial charge on any atom is 0.212 e. The molecule has 0 aliphatic rings. The molecule has 0 amide bonds. The predicted molar refractivity (Wildman–Crippen MR) is 80.2 cm³/mol. The normalized spacial score (nSPS) is 10.5. The Bertz CT molecular complexity index is 540. The van der Waals surface area contributed by atoms with Crippen LogP contribution in [0.15, 0.2) is 41.0 Å². The number of aromatic nitrogens is 1. The number of aryl methyl sites for hydroxylation is 1. The summed E-state index contributed by atoms with van der Waals surface area (Å²) in [5, 5.41) is 3.41. The van der Waals surface area contributed by atoms with E-state index in [1.54, 1.807) is 7.11 Å². The van der Waals surface area contributed by atoms with E-state index >= 15 is 0 Å². The molecule has 4 heteroatoms. The average Bonchev–Trinajstić information content (AvgIpc) is 2.43. The molecular formula is C15H17BrN2O. The summed E-state index contributed by atoms with van der Waals surface area (Å²) in [6.45, 7) is 3.74. The zero-order chi connectivity index (χ0) is 13.7. The van der Waals surface area contributed by atoms with Crippen LogP contribution in [0, 0.1) is 6.92 Å². The lowest BCUT2D eigenvalue weighted by Crippen LogP contribution is -2.12. The Labute approximate surface area is 122 Å². The van der Waals surface area contributed by atoms with Crippen LogP contribution < -0.4 is 10.1 Å². The topological polar surface area (TPSA) is 34.1 Å². The first-order chi connectivity index (χ1) is 9.19. The monoisotopic (exact) mass is 320 g/mol. The lowest BCUT2D eigenvalue weighted by molar-refractivity contribution is 0.397. The van der Waals surface area contributed by atoms with Crippen LogP contribution in [-0.4, -0.2) is 12.1 Å². The van der Waals surface area contributed by atoms with Crippen molar-refractivity contribution in [3.63, 3.8) is 0 Å². The molecule has 0 saturated heterocycles. The lowest BCUT2D eigenvalue weighted by atomic mass is 10.1. The summed E-state index contributed by atoms with van der Waals surface area (Å²) < 4.78 is 6.18. The van der Waals surface area contributed by atoms with Crippen molar-refractivity contribution in [3.8, 4) is 5.88 Å². The highest BCUT2D eigenvalue weighted by Crippen LogP contribution is 2.17. The van der Waals surface area contributed by atoms with Gasteiger partial charge in [-0.25, -0.2) is 4.98 Å². The largest absolute Gasteiger partial charge is 0.481 e. The number of methoxy groups -OCH3 is 1. The van der Waals surface area contributed by atoms with E-state index in [2.05, 4.69) is 51.4 Å². The first kappa shape index (κ1) is 14.0. The van der Waals surface area contributed by atoms with Crippen LogP contribution in [0.2, 0.25) is 0 Å². The minimum absolute atomic E-state index is 0.646. The number of hydrogen-bond donors (Lipinski definition) is 1. The van der Waals surface area contributed by atoms with Crippen LogP contribution in [0.4, 0.5) is 0 Å². The molecule has 0 aliphatic carbocycles. The summed E-state index contributed by atoms with van der Waals surface area (Å²) in [7, 11) is 1.62. The summed E-state index contributed by atoms with van der Waals surface area (Å²) >= 11 is 3.51. The van der Waals surface area contributed by atoms with E-state index in [-0.39, 0.29) is 0 Å². The number of rotatable bonds is 5. The van der Waals surface area contributed by atoms with Gasteiger partial charge in [-0.05, 0) is 29.7 Å². The smallest absolute Gasteiger partial charge is 0.212 e. The molecule has 0 unspecified atom stereocenters. The molecule has 19 heavy (non-hydrogen) atoms. The SMILES string of the molecule is COc1ccc(CNCc2ccc(Br)c(C)c2)cn1. The molecule has 2 aromatic rings. The number of halogens is 1. The zero-order valence-electron chi connectivity index (χ0n) is 11.1.